The van der Waals surface area contributed by atoms with E-state index >= 15 is 0 Å². The largest absolute Gasteiger partial charge is 0.493 e. The number of aromatic nitrogens is 2. The Bertz CT molecular complexity index is 458. The number of hydrogen-bond donors (Lipinski definition) is 0. The van der Waals surface area contributed by atoms with Crippen molar-refractivity contribution in [1.82, 2.24) is 9.78 Å². The number of ketones is 1. The van der Waals surface area contributed by atoms with Crippen LogP contribution in [0.25, 0.3) is 0 Å². The van der Waals surface area contributed by atoms with Gasteiger partial charge in [0.15, 0.2) is 11.5 Å². The Balaban J connectivity index is 1.88. The molecule has 0 amide bonds. The van der Waals surface area contributed by atoms with Crippen LogP contribution in [0.1, 0.15) is 49.0 Å². The average molecular weight is 262 g/mol. The molecule has 1 aromatic heterocycles. The number of rotatable bonds is 5. The molecule has 0 N–H and O–H groups in total. The fourth-order valence-electron chi connectivity index (χ4n) is 3.42. The van der Waals surface area contributed by atoms with Crippen molar-refractivity contribution in [2.45, 2.75) is 38.5 Å². The lowest BCUT2D eigenvalue weighted by atomic mass is 9.63. The van der Waals surface area contributed by atoms with Crippen LogP contribution in [-0.2, 0) is 7.05 Å². The molecule has 1 aromatic rings. The van der Waals surface area contributed by atoms with Crippen LogP contribution in [0.2, 0.25) is 0 Å². The smallest absolute Gasteiger partial charge is 0.188 e. The number of nitrogens with zero attached hydrogens (tertiary/aromatic N) is 2. The third-order valence-corrected chi connectivity index (χ3v) is 4.98. The number of hydrogen-bond acceptors (Lipinski definition) is 3. The van der Waals surface area contributed by atoms with Gasteiger partial charge in [0.25, 0.3) is 0 Å². The third kappa shape index (κ3) is 2.07. The summed E-state index contributed by atoms with van der Waals surface area (Å²) in [5, 5.41) is 4.17. The Morgan fingerprint density at radius 3 is 2.32 bits per heavy atom. The maximum absolute atomic E-state index is 12.9. The fraction of sp³-hybridized carbons (Fsp3) is 0.733. The van der Waals surface area contributed by atoms with Crippen LogP contribution in [0.4, 0.5) is 0 Å². The molecule has 2 aliphatic carbocycles. The van der Waals surface area contributed by atoms with E-state index in [1.54, 1.807) is 18.0 Å². The zero-order chi connectivity index (χ0) is 13.4. The SMILES string of the molecule is COc1cnn(C)c1C(=O)C(C1CCC1)C1CCC1. The van der Waals surface area contributed by atoms with Gasteiger partial charge in [-0.2, -0.15) is 5.10 Å². The molecule has 0 unspecified atom stereocenters. The number of methoxy groups -OCH3 is 1. The summed E-state index contributed by atoms with van der Waals surface area (Å²) >= 11 is 0. The molecule has 0 aliphatic heterocycles. The predicted octanol–water partition coefficient (Wildman–Crippen LogP) is 2.83. The van der Waals surface area contributed by atoms with Crippen molar-refractivity contribution in [3.8, 4) is 5.75 Å². The van der Waals surface area contributed by atoms with Crippen molar-refractivity contribution in [2.75, 3.05) is 7.11 Å². The topological polar surface area (TPSA) is 44.1 Å². The highest BCUT2D eigenvalue weighted by atomic mass is 16.5. The Morgan fingerprint density at radius 1 is 1.32 bits per heavy atom. The van der Waals surface area contributed by atoms with Gasteiger partial charge in [-0.25, -0.2) is 0 Å². The lowest BCUT2D eigenvalue weighted by molar-refractivity contribution is 0.0566. The molecule has 2 fully saturated rings. The fourth-order valence-corrected chi connectivity index (χ4v) is 3.42. The van der Waals surface area contributed by atoms with Crippen molar-refractivity contribution in [3.05, 3.63) is 11.9 Å². The van der Waals surface area contributed by atoms with E-state index in [-0.39, 0.29) is 11.7 Å². The summed E-state index contributed by atoms with van der Waals surface area (Å²) in [5.74, 6) is 2.27. The van der Waals surface area contributed by atoms with E-state index in [2.05, 4.69) is 5.10 Å². The molecule has 0 saturated heterocycles. The summed E-state index contributed by atoms with van der Waals surface area (Å²) < 4.78 is 6.97. The monoisotopic (exact) mass is 262 g/mol. The maximum Gasteiger partial charge on any atom is 0.188 e. The summed E-state index contributed by atoms with van der Waals surface area (Å²) in [6, 6.07) is 0. The molecule has 3 rings (SSSR count). The number of Topliss-reactive ketones (excluding diaryl/α,β-unsaturated/α-hetero) is 1. The second-order valence-electron chi connectivity index (χ2n) is 5.96. The lowest BCUT2D eigenvalue weighted by Crippen LogP contribution is -2.38. The average Bonchev–Trinajstić information content (AvgIpc) is 2.64. The summed E-state index contributed by atoms with van der Waals surface area (Å²) in [5.41, 5.74) is 0.659. The van der Waals surface area contributed by atoms with Crippen molar-refractivity contribution < 1.29 is 9.53 Å². The molecule has 4 nitrogen and oxygen atoms in total. The first kappa shape index (κ1) is 12.7. The van der Waals surface area contributed by atoms with E-state index in [1.165, 1.54) is 38.5 Å². The van der Waals surface area contributed by atoms with Crippen molar-refractivity contribution >= 4 is 5.78 Å². The number of carbonyl (C=O) groups is 1. The van der Waals surface area contributed by atoms with Gasteiger partial charge in [0, 0.05) is 13.0 Å². The molecule has 104 valence electrons. The van der Waals surface area contributed by atoms with Crippen molar-refractivity contribution in [1.29, 1.82) is 0 Å². The van der Waals surface area contributed by atoms with Crippen LogP contribution < -0.4 is 4.74 Å². The Morgan fingerprint density at radius 2 is 1.89 bits per heavy atom. The van der Waals surface area contributed by atoms with Crippen LogP contribution >= 0.6 is 0 Å². The van der Waals surface area contributed by atoms with Crippen LogP contribution in [0.3, 0.4) is 0 Å². The van der Waals surface area contributed by atoms with E-state index in [4.69, 9.17) is 4.74 Å². The first-order valence-corrected chi connectivity index (χ1v) is 7.32. The molecule has 0 radical (unpaired) electrons. The molecular weight excluding hydrogens is 240 g/mol. The van der Waals surface area contributed by atoms with Crippen LogP contribution in [0.5, 0.6) is 5.75 Å². The Hall–Kier alpha value is -1.32. The van der Waals surface area contributed by atoms with Crippen LogP contribution in [0, 0.1) is 17.8 Å². The number of ether oxygens (including phenoxy) is 1. The molecule has 2 saturated carbocycles. The lowest BCUT2D eigenvalue weighted by Gasteiger charge is -2.41. The summed E-state index contributed by atoms with van der Waals surface area (Å²) in [4.78, 5) is 12.9. The predicted molar refractivity (Wildman–Crippen MR) is 72.3 cm³/mol. The molecule has 19 heavy (non-hydrogen) atoms. The quantitative estimate of drug-likeness (QED) is 0.766. The van der Waals surface area contributed by atoms with Gasteiger partial charge in [0.05, 0.1) is 13.3 Å². The van der Waals surface area contributed by atoms with E-state index in [0.717, 1.165) is 0 Å². The van der Waals surface area contributed by atoms with Crippen LogP contribution in [-0.4, -0.2) is 22.7 Å². The number of aryl methyl sites for hydroxylation is 1. The molecule has 4 heteroatoms. The Labute approximate surface area is 114 Å². The van der Waals surface area contributed by atoms with E-state index < -0.39 is 0 Å². The van der Waals surface area contributed by atoms with Crippen LogP contribution in [0.15, 0.2) is 6.20 Å². The molecule has 0 bridgehead atoms. The molecule has 0 aromatic carbocycles. The summed E-state index contributed by atoms with van der Waals surface area (Å²) in [7, 11) is 3.43. The molecule has 2 aliphatic rings. The van der Waals surface area contributed by atoms with Gasteiger partial charge in [0.2, 0.25) is 0 Å². The zero-order valence-corrected chi connectivity index (χ0v) is 11.8. The van der Waals surface area contributed by atoms with Gasteiger partial charge < -0.3 is 4.74 Å². The molecule has 0 spiro atoms. The first-order valence-electron chi connectivity index (χ1n) is 7.32. The minimum atomic E-state index is 0.201. The highest BCUT2D eigenvalue weighted by Gasteiger charge is 2.42. The minimum absolute atomic E-state index is 0.201. The number of carbonyl (C=O) groups excluding carboxylic acids is 1. The zero-order valence-electron chi connectivity index (χ0n) is 11.8. The standard InChI is InChI=1S/C15H22N2O2/c1-17-14(12(19-2)9-16-17)15(18)13(10-5-3-6-10)11-7-4-8-11/h9-11,13H,3-8H2,1-2H3. The van der Waals surface area contributed by atoms with E-state index in [0.29, 0.717) is 23.3 Å². The maximum atomic E-state index is 12.9. The first-order chi connectivity index (χ1) is 9.22. The second kappa shape index (κ2) is 4.99. The highest BCUT2D eigenvalue weighted by Crippen LogP contribution is 2.46. The second-order valence-corrected chi connectivity index (χ2v) is 5.96. The molecule has 1 heterocycles. The summed E-state index contributed by atoms with van der Waals surface area (Å²) in [6.07, 6.45) is 9.07. The highest BCUT2D eigenvalue weighted by molar-refractivity contribution is 5.99. The van der Waals surface area contributed by atoms with Gasteiger partial charge in [-0.1, -0.05) is 12.8 Å². The van der Waals surface area contributed by atoms with Gasteiger partial charge in [-0.05, 0) is 37.5 Å². The minimum Gasteiger partial charge on any atom is -0.493 e. The van der Waals surface area contributed by atoms with Gasteiger partial charge in [-0.15, -0.1) is 0 Å². The van der Waals surface area contributed by atoms with E-state index in [9.17, 15) is 4.79 Å². The van der Waals surface area contributed by atoms with Gasteiger partial charge >= 0.3 is 0 Å². The normalized spacial score (nSPS) is 20.2. The van der Waals surface area contributed by atoms with Crippen molar-refractivity contribution in [2.24, 2.45) is 24.8 Å². The third-order valence-electron chi connectivity index (χ3n) is 4.98. The molecular formula is C15H22N2O2. The summed E-state index contributed by atoms with van der Waals surface area (Å²) in [6.45, 7) is 0. The Kier molecular flexibility index (Phi) is 3.33. The van der Waals surface area contributed by atoms with Crippen molar-refractivity contribution in [3.63, 3.8) is 0 Å². The van der Waals surface area contributed by atoms with E-state index in [1.807, 2.05) is 7.05 Å². The van der Waals surface area contributed by atoms with Gasteiger partial charge in [0.1, 0.15) is 5.69 Å². The van der Waals surface area contributed by atoms with Gasteiger partial charge in [-0.3, -0.25) is 9.48 Å². The molecule has 0 atom stereocenters.